The van der Waals surface area contributed by atoms with E-state index in [-0.39, 0.29) is 72.4 Å². The monoisotopic (exact) mass is 1330 g/mol. The average Bonchev–Trinajstić information content (AvgIpc) is 0.856. The van der Waals surface area contributed by atoms with Gasteiger partial charge in [-0.3, -0.25) is 13.7 Å². The number of methoxy groups -OCH3 is 1. The molecule has 0 aromatic heterocycles. The summed E-state index contributed by atoms with van der Waals surface area (Å²) in [6, 6.07) is 25.7. The first-order chi connectivity index (χ1) is 40.1. The van der Waals surface area contributed by atoms with Crippen LogP contribution in [-0.4, -0.2) is 117 Å². The number of nitrogens with zero attached hydrogens (tertiary/aromatic N) is 8. The van der Waals surface area contributed by atoms with E-state index in [9.17, 15) is 59.3 Å². The van der Waals surface area contributed by atoms with Crippen molar-refractivity contribution in [2.75, 3.05) is 12.8 Å². The summed E-state index contributed by atoms with van der Waals surface area (Å²) in [4.78, 5) is -2.15. The van der Waals surface area contributed by atoms with Crippen LogP contribution in [0.2, 0.25) is 0 Å². The van der Waals surface area contributed by atoms with Crippen molar-refractivity contribution in [3.63, 3.8) is 0 Å². The highest BCUT2D eigenvalue weighted by Gasteiger charge is 2.25. The molecule has 0 heterocycles. The maximum atomic E-state index is 12.6. The van der Waals surface area contributed by atoms with Crippen molar-refractivity contribution >= 4 is 156 Å². The van der Waals surface area contributed by atoms with E-state index in [1.165, 1.54) is 86.0 Å². The number of fused-ring (bicyclic) bond motifs is 3. The SMILES string of the molecule is COc1ccc(N=Nc2c(S(=O)(=O)O)cc3ccc(N=Nc4c(S(=O)(=O)O)cc5ccc(N=Nc6ccc7c(O)c(N=Nc8ccc(CO)cc8S(=O)(=O)O)ccc7c6)c(O)c5c4N)cc3c2O)cc1.O=S(=O)=O.O=S(=O)=O.O=S(=O)=O.O=S(=O)=O. The highest BCUT2D eigenvalue weighted by molar-refractivity contribution is 7.86. The molecule has 0 spiro atoms. The van der Waals surface area contributed by atoms with E-state index in [0.717, 1.165) is 18.2 Å². The van der Waals surface area contributed by atoms with E-state index in [4.69, 9.17) is 61.0 Å². The number of rotatable bonds is 13. The first-order valence-corrected chi connectivity index (χ1v) is 30.1. The Morgan fingerprint density at radius 2 is 0.826 bits per heavy atom. The first kappa shape index (κ1) is 68.6. The molecular formula is C44H33N9O26S7. The number of anilines is 1. The number of hydrogen-bond acceptors (Lipinski definition) is 32. The van der Waals surface area contributed by atoms with Crippen LogP contribution in [0.4, 0.5) is 51.2 Å². The highest BCUT2D eigenvalue weighted by atomic mass is 32.2. The summed E-state index contributed by atoms with van der Waals surface area (Å²) in [6.45, 7) is -0.494. The zero-order chi connectivity index (χ0) is 64.6. The molecule has 0 amide bonds. The van der Waals surface area contributed by atoms with Gasteiger partial charge < -0.3 is 30.9 Å². The van der Waals surface area contributed by atoms with Gasteiger partial charge in [0, 0.05) is 10.8 Å². The number of azo groups is 4. The highest BCUT2D eigenvalue weighted by Crippen LogP contribution is 2.47. The van der Waals surface area contributed by atoms with Gasteiger partial charge in [0.05, 0.1) is 41.9 Å². The topological polar surface area (TPSA) is 583 Å². The zero-order valence-electron chi connectivity index (χ0n) is 42.1. The van der Waals surface area contributed by atoms with Crippen LogP contribution in [0.5, 0.6) is 23.0 Å². The van der Waals surface area contributed by atoms with Crippen LogP contribution in [0.3, 0.4) is 0 Å². The summed E-state index contributed by atoms with van der Waals surface area (Å²) in [7, 11) is -25.7. The van der Waals surface area contributed by atoms with Gasteiger partial charge in [-0.2, -0.15) is 40.6 Å². The number of ether oxygens (including phenoxy) is 1. The standard InChI is InChI=1S/C44H33N9O14S3.4O3S/c1-67-29-10-7-26(8-11-29)46-53-41-37(70(64,65)66)18-24-3-6-28(20-31(24)43(41)56)48-52-40-36(69(61,62)63)19-25-5-15-34(44(57)38(25)39(40)45)50-47-27-9-12-30-23(17-27)4-14-33(42(30)55)51-49-32-13-2-22(21-54)16-35(32)68(58,59)60;4*1-4(2)3/h2-20,54-57H,21,45H2,1H3,(H,58,59,60)(H,61,62,63)(H,64,65,66);;;;. The Labute approximate surface area is 487 Å². The minimum atomic E-state index is -5.04. The van der Waals surface area contributed by atoms with Gasteiger partial charge in [0.2, 0.25) is 0 Å². The van der Waals surface area contributed by atoms with E-state index in [1.54, 1.807) is 18.2 Å². The van der Waals surface area contributed by atoms with Gasteiger partial charge in [0.15, 0.2) is 17.2 Å². The Bertz CT molecular complexity index is 4830. The Hall–Kier alpha value is -9.89. The summed E-state index contributed by atoms with van der Waals surface area (Å²) in [5.41, 5.74) is 4.91. The number of phenols is 3. The minimum absolute atomic E-state index is 0.0349. The van der Waals surface area contributed by atoms with Crippen molar-refractivity contribution < 1.29 is 115 Å². The average molecular weight is 1330 g/mol. The predicted octanol–water partition coefficient (Wildman–Crippen LogP) is 6.73. The van der Waals surface area contributed by atoms with Gasteiger partial charge in [0.1, 0.15) is 48.9 Å². The molecule has 452 valence electrons. The van der Waals surface area contributed by atoms with Crippen LogP contribution >= 0.6 is 0 Å². The van der Waals surface area contributed by atoms with Gasteiger partial charge >= 0.3 is 42.4 Å². The Kier molecular flexibility index (Phi) is 23.6. The molecule has 35 nitrogen and oxygen atoms in total. The second-order valence-electron chi connectivity index (χ2n) is 15.7. The fraction of sp³-hybridized carbons (Fsp3) is 0.0455. The molecule has 0 aliphatic rings. The summed E-state index contributed by atoms with van der Waals surface area (Å²) in [5, 5.41) is 75.8. The van der Waals surface area contributed by atoms with Gasteiger partial charge in [-0.25, -0.2) is 0 Å². The van der Waals surface area contributed by atoms with Gasteiger partial charge in [-0.15, -0.1) is 76.1 Å². The Morgan fingerprint density at radius 1 is 0.419 bits per heavy atom. The summed E-state index contributed by atoms with van der Waals surface area (Å²) >= 11 is 0. The molecule has 86 heavy (non-hydrogen) atoms. The molecule has 0 aliphatic carbocycles. The van der Waals surface area contributed by atoms with E-state index in [0.29, 0.717) is 11.1 Å². The van der Waals surface area contributed by atoms with Gasteiger partial charge in [-0.05, 0) is 113 Å². The largest absolute Gasteiger partial charge is 0.505 e. The van der Waals surface area contributed by atoms with E-state index in [2.05, 4.69) is 40.9 Å². The van der Waals surface area contributed by atoms with Crippen LogP contribution < -0.4 is 10.5 Å². The summed E-state index contributed by atoms with van der Waals surface area (Å²) in [5.74, 6) is -1.14. The molecule has 8 aromatic carbocycles. The van der Waals surface area contributed by atoms with Crippen molar-refractivity contribution in [3.8, 4) is 23.0 Å². The molecule has 0 saturated carbocycles. The Balaban J connectivity index is 0.000000883. The molecule has 42 heteroatoms. The van der Waals surface area contributed by atoms with Crippen LogP contribution in [0.15, 0.2) is 171 Å². The lowest BCUT2D eigenvalue weighted by atomic mass is 10.1. The molecule has 0 fully saturated rings. The molecular weight excluding hydrogens is 1290 g/mol. The molecule has 9 N–H and O–H groups in total. The third-order valence-electron chi connectivity index (χ3n) is 10.4. The summed E-state index contributed by atoms with van der Waals surface area (Å²) in [6.07, 6.45) is 0. The third kappa shape index (κ3) is 19.3. The zero-order valence-corrected chi connectivity index (χ0v) is 47.8. The maximum absolute atomic E-state index is 12.6. The quantitative estimate of drug-likeness (QED) is 0.0337. The second-order valence-corrected chi connectivity index (χ2v) is 21.5. The van der Waals surface area contributed by atoms with Crippen molar-refractivity contribution in [1.82, 2.24) is 0 Å². The molecule has 0 unspecified atom stereocenters. The van der Waals surface area contributed by atoms with Crippen LogP contribution in [0, 0.1) is 0 Å². The first-order valence-electron chi connectivity index (χ1n) is 21.8. The Morgan fingerprint density at radius 3 is 1.37 bits per heavy atom. The molecule has 8 aromatic rings. The van der Waals surface area contributed by atoms with Crippen molar-refractivity contribution in [1.29, 1.82) is 0 Å². The molecule has 0 bridgehead atoms. The van der Waals surface area contributed by atoms with E-state index < -0.39 is 123 Å². The lowest BCUT2D eigenvalue weighted by Crippen LogP contribution is -2.01. The normalized spacial score (nSPS) is 11.5. The number of aromatic hydroxyl groups is 3. The van der Waals surface area contributed by atoms with Crippen LogP contribution in [-0.2, 0) is 79.4 Å². The van der Waals surface area contributed by atoms with E-state index in [1.807, 2.05) is 0 Å². The van der Waals surface area contributed by atoms with E-state index >= 15 is 0 Å². The number of nitrogen functional groups attached to an aromatic ring is 1. The summed E-state index contributed by atoms with van der Waals surface area (Å²) < 4.78 is 210. The lowest BCUT2D eigenvalue weighted by Gasteiger charge is -2.12. The number of hydrogen-bond donors (Lipinski definition) is 8. The number of aliphatic hydroxyl groups is 1. The van der Waals surface area contributed by atoms with Gasteiger partial charge in [-0.1, -0.05) is 24.3 Å². The molecule has 0 atom stereocenters. The fourth-order valence-electron chi connectivity index (χ4n) is 6.99. The predicted molar refractivity (Wildman–Crippen MR) is 292 cm³/mol. The number of nitrogens with two attached hydrogens (primary N) is 1. The molecule has 0 radical (unpaired) electrons. The lowest BCUT2D eigenvalue weighted by molar-refractivity contribution is 0.281. The molecule has 0 saturated heterocycles. The van der Waals surface area contributed by atoms with Crippen molar-refractivity contribution in [3.05, 3.63) is 121 Å². The number of benzene rings is 8. The second kappa shape index (κ2) is 29.6. The molecule has 8 rings (SSSR count). The van der Waals surface area contributed by atoms with Crippen LogP contribution in [0.1, 0.15) is 5.56 Å². The fourth-order valence-corrected chi connectivity index (χ4v) is 8.99. The molecule has 0 aliphatic heterocycles. The third-order valence-corrected chi connectivity index (χ3v) is 13.0. The van der Waals surface area contributed by atoms with Crippen LogP contribution in [0.25, 0.3) is 32.3 Å². The number of aliphatic hydroxyl groups excluding tert-OH is 1. The van der Waals surface area contributed by atoms with Gasteiger partial charge in [0.25, 0.3) is 30.4 Å². The van der Waals surface area contributed by atoms with Crippen molar-refractivity contribution in [2.24, 2.45) is 40.9 Å². The smallest absolute Gasteiger partial charge is 0.425 e. The van der Waals surface area contributed by atoms with Crippen molar-refractivity contribution in [2.45, 2.75) is 21.3 Å². The maximum Gasteiger partial charge on any atom is 0.425 e. The minimum Gasteiger partial charge on any atom is -0.505 e. The number of phenolic OH excluding ortho intramolecular Hbond substituents is 3.